The molecule has 0 radical (unpaired) electrons. The smallest absolute Gasteiger partial charge is 0.191 e. The van der Waals surface area contributed by atoms with Crippen molar-refractivity contribution in [3.05, 3.63) is 17.0 Å². The Bertz CT molecular complexity index is 585. The third-order valence-corrected chi connectivity index (χ3v) is 6.37. The maximum Gasteiger partial charge on any atom is 0.191 e. The lowest BCUT2D eigenvalue weighted by Crippen LogP contribution is -2.45. The normalized spacial score (nSPS) is 20.3. The van der Waals surface area contributed by atoms with Crippen LogP contribution >= 0.6 is 35.7 Å². The number of aliphatic imine (C=N–C) groups is 1. The van der Waals surface area contributed by atoms with Gasteiger partial charge in [0, 0.05) is 36.1 Å². The van der Waals surface area contributed by atoms with E-state index in [-0.39, 0.29) is 24.0 Å². The summed E-state index contributed by atoms with van der Waals surface area (Å²) in [6.07, 6.45) is 7.13. The Hall–Kier alpha value is -0.440. The van der Waals surface area contributed by atoms with Crippen LogP contribution in [0, 0.1) is 0 Å². The zero-order valence-electron chi connectivity index (χ0n) is 17.7. The Balaban J connectivity index is 0.00000364. The molecule has 5 nitrogen and oxygen atoms in total. The van der Waals surface area contributed by atoms with E-state index in [1.807, 2.05) is 11.7 Å². The molecule has 2 rings (SSSR count). The summed E-state index contributed by atoms with van der Waals surface area (Å²) in [7, 11) is 2.04. The van der Waals surface area contributed by atoms with Crippen LogP contribution in [0.25, 0.3) is 0 Å². The van der Waals surface area contributed by atoms with Crippen LogP contribution in [0.2, 0.25) is 0 Å². The molecule has 1 aliphatic rings. The highest BCUT2D eigenvalue weighted by molar-refractivity contribution is 14.0. The first kappa shape index (κ1) is 24.6. The van der Waals surface area contributed by atoms with Gasteiger partial charge in [0.05, 0.1) is 12.2 Å². The summed E-state index contributed by atoms with van der Waals surface area (Å²) in [5.41, 5.74) is 3.79. The van der Waals surface area contributed by atoms with Crippen LogP contribution in [0.1, 0.15) is 70.3 Å². The molecule has 0 spiro atoms. The minimum absolute atomic E-state index is 0. The van der Waals surface area contributed by atoms with Gasteiger partial charge < -0.3 is 10.6 Å². The van der Waals surface area contributed by atoms with Crippen molar-refractivity contribution >= 4 is 41.7 Å². The molecule has 1 heterocycles. The van der Waals surface area contributed by atoms with E-state index in [2.05, 4.69) is 55.2 Å². The van der Waals surface area contributed by atoms with Crippen molar-refractivity contribution in [2.24, 2.45) is 12.0 Å². The van der Waals surface area contributed by atoms with Gasteiger partial charge in [0.25, 0.3) is 0 Å². The Morgan fingerprint density at radius 2 is 2.00 bits per heavy atom. The molecular weight excluding hydrogens is 469 g/mol. The van der Waals surface area contributed by atoms with Gasteiger partial charge >= 0.3 is 0 Å². The Labute approximate surface area is 186 Å². The molecule has 27 heavy (non-hydrogen) atoms. The minimum atomic E-state index is 0. The molecule has 2 N–H and O–H groups in total. The van der Waals surface area contributed by atoms with Crippen LogP contribution in [0.4, 0.5) is 0 Å². The molecule has 0 saturated heterocycles. The third kappa shape index (κ3) is 7.15. The molecule has 1 aromatic rings. The summed E-state index contributed by atoms with van der Waals surface area (Å²) in [6.45, 7) is 10.4. The van der Waals surface area contributed by atoms with E-state index < -0.39 is 0 Å². The van der Waals surface area contributed by atoms with Crippen molar-refractivity contribution in [3.63, 3.8) is 0 Å². The van der Waals surface area contributed by atoms with Gasteiger partial charge in [0.15, 0.2) is 5.96 Å². The molecule has 1 aromatic heterocycles. The maximum atomic E-state index is 4.91. The fourth-order valence-electron chi connectivity index (χ4n) is 3.91. The van der Waals surface area contributed by atoms with Crippen LogP contribution in [-0.4, -0.2) is 39.3 Å². The molecule has 156 valence electrons. The lowest BCUT2D eigenvalue weighted by molar-refractivity contribution is 0.419. The fraction of sp³-hybridized carbons (Fsp3) is 0.800. The molecule has 0 bridgehead atoms. The van der Waals surface area contributed by atoms with Crippen LogP contribution in [0.5, 0.6) is 0 Å². The molecule has 1 saturated carbocycles. The second-order valence-electron chi connectivity index (χ2n) is 6.98. The highest BCUT2D eigenvalue weighted by atomic mass is 127. The quantitative estimate of drug-likeness (QED) is 0.313. The number of thioether (sulfide) groups is 1. The Morgan fingerprint density at radius 3 is 2.63 bits per heavy atom. The maximum absolute atomic E-state index is 4.91. The number of halogens is 1. The summed E-state index contributed by atoms with van der Waals surface area (Å²) in [4.78, 5) is 4.91. The van der Waals surface area contributed by atoms with Gasteiger partial charge in [-0.05, 0) is 44.8 Å². The first-order valence-electron chi connectivity index (χ1n) is 10.3. The molecule has 0 amide bonds. The average molecular weight is 508 g/mol. The number of aryl methyl sites for hydroxylation is 2. The predicted molar refractivity (Wildman–Crippen MR) is 130 cm³/mol. The van der Waals surface area contributed by atoms with E-state index in [1.165, 1.54) is 48.4 Å². The third-order valence-electron chi connectivity index (χ3n) is 5.14. The highest BCUT2D eigenvalue weighted by Crippen LogP contribution is 2.28. The van der Waals surface area contributed by atoms with Crippen LogP contribution in [-0.2, 0) is 26.4 Å². The molecule has 1 aliphatic carbocycles. The average Bonchev–Trinajstić information content (AvgIpc) is 2.95. The summed E-state index contributed by atoms with van der Waals surface area (Å²) in [5, 5.41) is 12.6. The van der Waals surface area contributed by atoms with Crippen molar-refractivity contribution < 1.29 is 0 Å². The first-order chi connectivity index (χ1) is 12.6. The number of guanidine groups is 1. The van der Waals surface area contributed by atoms with Gasteiger partial charge in [-0.2, -0.15) is 16.9 Å². The van der Waals surface area contributed by atoms with Gasteiger partial charge in [0.2, 0.25) is 0 Å². The van der Waals surface area contributed by atoms with E-state index >= 15 is 0 Å². The number of hydrogen-bond donors (Lipinski definition) is 2. The first-order valence-corrected chi connectivity index (χ1v) is 11.4. The van der Waals surface area contributed by atoms with Crippen molar-refractivity contribution in [2.45, 2.75) is 84.1 Å². The summed E-state index contributed by atoms with van der Waals surface area (Å²) >= 11 is 2.11. The van der Waals surface area contributed by atoms with E-state index in [1.54, 1.807) is 0 Å². The van der Waals surface area contributed by atoms with E-state index in [4.69, 9.17) is 4.99 Å². The van der Waals surface area contributed by atoms with Crippen molar-refractivity contribution in [1.29, 1.82) is 0 Å². The largest absolute Gasteiger partial charge is 0.357 e. The fourth-order valence-corrected chi connectivity index (χ4v) is 5.08. The zero-order chi connectivity index (χ0) is 18.9. The lowest BCUT2D eigenvalue weighted by Gasteiger charge is -2.30. The topological polar surface area (TPSA) is 54.2 Å². The number of hydrogen-bond acceptors (Lipinski definition) is 3. The van der Waals surface area contributed by atoms with Crippen molar-refractivity contribution in [1.82, 2.24) is 20.4 Å². The monoisotopic (exact) mass is 507 g/mol. The number of rotatable bonds is 8. The standard InChI is InChI=1S/C20H37N5S.HI/c1-6-18-17(19(7-2)25(5)24-18)14-22-20(21-8-3)23-15-11-10-12-16(13-15)26-9-4;/h15-16H,6-14H2,1-5H3,(H2,21,22,23);1H. The number of nitrogens with one attached hydrogen (secondary N) is 2. The van der Waals surface area contributed by atoms with Crippen molar-refractivity contribution in [2.75, 3.05) is 12.3 Å². The van der Waals surface area contributed by atoms with E-state index in [0.717, 1.165) is 30.6 Å². The SMILES string of the molecule is CCNC(=NCc1c(CC)nn(C)c1CC)NC1CCCC(SCC)C1.I. The number of nitrogens with zero attached hydrogens (tertiary/aromatic N) is 3. The summed E-state index contributed by atoms with van der Waals surface area (Å²) in [5.74, 6) is 2.17. The minimum Gasteiger partial charge on any atom is -0.357 e. The second kappa shape index (κ2) is 12.9. The Morgan fingerprint density at radius 1 is 1.22 bits per heavy atom. The molecule has 1 fully saturated rings. The highest BCUT2D eigenvalue weighted by Gasteiger charge is 2.22. The van der Waals surface area contributed by atoms with Gasteiger partial charge in [-0.1, -0.05) is 27.2 Å². The molecule has 0 aromatic carbocycles. The summed E-state index contributed by atoms with van der Waals surface area (Å²) < 4.78 is 2.03. The molecule has 2 atom stereocenters. The van der Waals surface area contributed by atoms with Gasteiger partial charge in [-0.3, -0.25) is 4.68 Å². The van der Waals surface area contributed by atoms with Crippen LogP contribution in [0.3, 0.4) is 0 Å². The van der Waals surface area contributed by atoms with Gasteiger partial charge in [-0.25, -0.2) is 4.99 Å². The molecule has 2 unspecified atom stereocenters. The molecule has 7 heteroatoms. The molecule has 0 aliphatic heterocycles. The van der Waals surface area contributed by atoms with Gasteiger partial charge in [0.1, 0.15) is 0 Å². The predicted octanol–water partition coefficient (Wildman–Crippen LogP) is 4.28. The second-order valence-corrected chi connectivity index (χ2v) is 8.56. The number of aromatic nitrogens is 2. The lowest BCUT2D eigenvalue weighted by atomic mass is 9.95. The van der Waals surface area contributed by atoms with E-state index in [0.29, 0.717) is 12.6 Å². The van der Waals surface area contributed by atoms with Gasteiger partial charge in [-0.15, -0.1) is 24.0 Å². The van der Waals surface area contributed by atoms with Crippen LogP contribution in [0.15, 0.2) is 4.99 Å². The summed E-state index contributed by atoms with van der Waals surface area (Å²) in [6, 6.07) is 0.538. The van der Waals surface area contributed by atoms with E-state index in [9.17, 15) is 0 Å². The van der Waals surface area contributed by atoms with Crippen LogP contribution < -0.4 is 10.6 Å². The molecular formula is C20H38IN5S. The zero-order valence-corrected chi connectivity index (χ0v) is 20.8. The Kier molecular flexibility index (Phi) is 11.8. The van der Waals surface area contributed by atoms with Crippen molar-refractivity contribution in [3.8, 4) is 0 Å².